The lowest BCUT2D eigenvalue weighted by molar-refractivity contribution is -0.331. The van der Waals surface area contributed by atoms with Crippen molar-refractivity contribution < 1.29 is 14.2 Å². The Bertz CT molecular complexity index is 1560. The molecule has 2 atom stereocenters. The molecule has 45 heavy (non-hydrogen) atoms. The summed E-state index contributed by atoms with van der Waals surface area (Å²) in [4.78, 5) is 0. The van der Waals surface area contributed by atoms with Gasteiger partial charge in [0, 0.05) is 24.0 Å². The summed E-state index contributed by atoms with van der Waals surface area (Å²) >= 11 is 0. The van der Waals surface area contributed by atoms with Crippen molar-refractivity contribution >= 4 is 0 Å². The Labute approximate surface area is 266 Å². The lowest BCUT2D eigenvalue weighted by atomic mass is 9.93. The van der Waals surface area contributed by atoms with Gasteiger partial charge >= 0.3 is 0 Å². The van der Waals surface area contributed by atoms with Gasteiger partial charge in [0.15, 0.2) is 0 Å². The summed E-state index contributed by atoms with van der Waals surface area (Å²) in [6.07, 6.45) is 2.57. The minimum atomic E-state index is -1.21. The van der Waals surface area contributed by atoms with Crippen LogP contribution in [-0.4, -0.2) is 0 Å². The molecule has 0 N–H and O–H groups in total. The second-order valence-corrected chi connectivity index (χ2v) is 11.1. The van der Waals surface area contributed by atoms with Gasteiger partial charge < -0.3 is 9.47 Å². The zero-order valence-electron chi connectivity index (χ0n) is 25.4. The van der Waals surface area contributed by atoms with Crippen molar-refractivity contribution in [3.05, 3.63) is 204 Å². The molecule has 0 aliphatic heterocycles. The third-order valence-electron chi connectivity index (χ3n) is 7.98. The van der Waals surface area contributed by atoms with Gasteiger partial charge in [0.25, 0.3) is 0 Å². The Balaban J connectivity index is 1.52. The first-order valence-corrected chi connectivity index (χ1v) is 15.6. The maximum atomic E-state index is 7.60. The van der Waals surface area contributed by atoms with E-state index in [4.69, 9.17) is 14.2 Å². The standard InChI is InChI=1S/C42H38O3/c1-7-19-35(20-8-1)31-33-41(37-23-11-3-12-24-37,43-39-27-15-5-16-28-39)45-42(38-25-13-4-14-26-38,44-40-29-17-6-18-30-40)34-32-36-21-9-2-10-22-36/h1-30H,31-34H2. The number of ether oxygens (including phenoxy) is 3. The van der Waals surface area contributed by atoms with Crippen LogP contribution in [0.3, 0.4) is 0 Å². The lowest BCUT2D eigenvalue weighted by Gasteiger charge is -2.44. The van der Waals surface area contributed by atoms with Crippen molar-refractivity contribution in [3.63, 3.8) is 0 Å². The van der Waals surface area contributed by atoms with Crippen molar-refractivity contribution in [3.8, 4) is 11.5 Å². The third-order valence-corrected chi connectivity index (χ3v) is 7.98. The SMILES string of the molecule is c1ccc(CCC(Oc2ccccc2)(OC(CCc2ccccc2)(Oc2ccccc2)c2ccccc2)c2ccccc2)cc1. The normalized spacial score (nSPS) is 13.7. The predicted molar refractivity (Wildman–Crippen MR) is 181 cm³/mol. The number of rotatable bonds is 14. The van der Waals surface area contributed by atoms with Gasteiger partial charge in [-0.05, 0) is 48.2 Å². The summed E-state index contributed by atoms with van der Waals surface area (Å²) in [5.74, 6) is -0.974. The quantitative estimate of drug-likeness (QED) is 0.118. The Morgan fingerprint density at radius 1 is 0.333 bits per heavy atom. The fourth-order valence-electron chi connectivity index (χ4n) is 5.69. The van der Waals surface area contributed by atoms with Crippen molar-refractivity contribution in [1.29, 1.82) is 0 Å². The van der Waals surface area contributed by atoms with Crippen molar-refractivity contribution in [1.82, 2.24) is 0 Å². The molecule has 224 valence electrons. The zero-order valence-corrected chi connectivity index (χ0v) is 25.4. The molecule has 0 heterocycles. The van der Waals surface area contributed by atoms with Gasteiger partial charge in [-0.3, -0.25) is 4.74 Å². The van der Waals surface area contributed by atoms with Crippen LogP contribution in [0.1, 0.15) is 35.1 Å². The molecule has 0 saturated heterocycles. The number of aryl methyl sites for hydroxylation is 2. The number of hydrogen-bond donors (Lipinski definition) is 0. The molecule has 0 bridgehead atoms. The summed E-state index contributed by atoms with van der Waals surface area (Å²) in [6, 6.07) is 61.4. The zero-order chi connectivity index (χ0) is 30.6. The van der Waals surface area contributed by atoms with E-state index in [1.165, 1.54) is 11.1 Å². The van der Waals surface area contributed by atoms with Crippen LogP contribution in [0.2, 0.25) is 0 Å². The summed E-state index contributed by atoms with van der Waals surface area (Å²) in [7, 11) is 0. The van der Waals surface area contributed by atoms with Crippen LogP contribution < -0.4 is 9.47 Å². The first kappa shape index (κ1) is 29.9. The number of para-hydroxylation sites is 2. The fraction of sp³-hybridized carbons (Fsp3) is 0.143. The molecular formula is C42H38O3. The van der Waals surface area contributed by atoms with E-state index in [9.17, 15) is 0 Å². The molecule has 6 rings (SSSR count). The lowest BCUT2D eigenvalue weighted by Crippen LogP contribution is -2.48. The van der Waals surface area contributed by atoms with Crippen LogP contribution in [-0.2, 0) is 29.2 Å². The molecular weight excluding hydrogens is 552 g/mol. The van der Waals surface area contributed by atoms with E-state index in [0.29, 0.717) is 12.8 Å². The average molecular weight is 591 g/mol. The molecule has 0 aliphatic rings. The first-order chi connectivity index (χ1) is 22.2. The molecule has 0 spiro atoms. The highest BCUT2D eigenvalue weighted by Crippen LogP contribution is 2.44. The number of hydrogen-bond acceptors (Lipinski definition) is 3. The first-order valence-electron chi connectivity index (χ1n) is 15.6. The maximum Gasteiger partial charge on any atom is 0.241 e. The highest BCUT2D eigenvalue weighted by atomic mass is 16.8. The minimum Gasteiger partial charge on any atom is -0.458 e. The molecule has 3 nitrogen and oxygen atoms in total. The van der Waals surface area contributed by atoms with Crippen molar-refractivity contribution in [2.24, 2.45) is 0 Å². The molecule has 6 aromatic rings. The molecule has 2 unspecified atom stereocenters. The Kier molecular flexibility index (Phi) is 9.69. The van der Waals surface area contributed by atoms with Crippen LogP contribution >= 0.6 is 0 Å². The van der Waals surface area contributed by atoms with Gasteiger partial charge in [-0.15, -0.1) is 0 Å². The summed E-state index contributed by atoms with van der Waals surface area (Å²) < 4.78 is 21.8. The summed E-state index contributed by atoms with van der Waals surface area (Å²) in [5.41, 5.74) is 4.25. The largest absolute Gasteiger partial charge is 0.458 e. The molecule has 0 aliphatic carbocycles. The summed E-state index contributed by atoms with van der Waals surface area (Å²) in [6.45, 7) is 0. The molecule has 0 fully saturated rings. The molecule has 0 aromatic heterocycles. The predicted octanol–water partition coefficient (Wildman–Crippen LogP) is 10.1. The molecule has 0 saturated carbocycles. The van der Waals surface area contributed by atoms with E-state index in [0.717, 1.165) is 35.5 Å². The van der Waals surface area contributed by atoms with Gasteiger partial charge in [0.05, 0.1) is 0 Å². The highest BCUT2D eigenvalue weighted by molar-refractivity contribution is 5.31. The van der Waals surface area contributed by atoms with E-state index in [1.54, 1.807) is 0 Å². The molecule has 6 aromatic carbocycles. The van der Waals surface area contributed by atoms with Gasteiger partial charge in [-0.25, -0.2) is 0 Å². The van der Waals surface area contributed by atoms with E-state index < -0.39 is 11.6 Å². The van der Waals surface area contributed by atoms with E-state index in [1.807, 2.05) is 109 Å². The van der Waals surface area contributed by atoms with Crippen LogP contribution in [0.15, 0.2) is 182 Å². The van der Waals surface area contributed by atoms with E-state index in [-0.39, 0.29) is 0 Å². The minimum absolute atomic E-state index is 0.550. The van der Waals surface area contributed by atoms with Gasteiger partial charge in [-0.1, -0.05) is 158 Å². The van der Waals surface area contributed by atoms with Crippen LogP contribution in [0.4, 0.5) is 0 Å². The monoisotopic (exact) mass is 590 g/mol. The van der Waals surface area contributed by atoms with Crippen molar-refractivity contribution in [2.75, 3.05) is 0 Å². The average Bonchev–Trinajstić information content (AvgIpc) is 3.12. The van der Waals surface area contributed by atoms with Gasteiger partial charge in [0.1, 0.15) is 11.5 Å². The smallest absolute Gasteiger partial charge is 0.241 e. The Morgan fingerprint density at radius 2 is 0.622 bits per heavy atom. The van der Waals surface area contributed by atoms with Crippen LogP contribution in [0.25, 0.3) is 0 Å². The fourth-order valence-corrected chi connectivity index (χ4v) is 5.69. The second-order valence-electron chi connectivity index (χ2n) is 11.1. The third kappa shape index (κ3) is 7.70. The van der Waals surface area contributed by atoms with E-state index in [2.05, 4.69) is 72.8 Å². The Hall–Kier alpha value is -5.12. The number of benzene rings is 6. The Morgan fingerprint density at radius 3 is 0.956 bits per heavy atom. The van der Waals surface area contributed by atoms with Gasteiger partial charge in [0.2, 0.25) is 11.6 Å². The van der Waals surface area contributed by atoms with E-state index >= 15 is 0 Å². The van der Waals surface area contributed by atoms with Crippen LogP contribution in [0, 0.1) is 0 Å². The highest BCUT2D eigenvalue weighted by Gasteiger charge is 2.48. The second kappa shape index (κ2) is 14.6. The van der Waals surface area contributed by atoms with Crippen molar-refractivity contribution in [2.45, 2.75) is 37.3 Å². The van der Waals surface area contributed by atoms with Crippen LogP contribution in [0.5, 0.6) is 11.5 Å². The van der Waals surface area contributed by atoms with Gasteiger partial charge in [-0.2, -0.15) is 0 Å². The topological polar surface area (TPSA) is 27.7 Å². The maximum absolute atomic E-state index is 7.60. The summed E-state index contributed by atoms with van der Waals surface area (Å²) in [5, 5.41) is 0. The molecule has 0 radical (unpaired) electrons. The molecule has 3 heteroatoms. The molecule has 0 amide bonds.